The maximum atomic E-state index is 12.9. The molecule has 2 aromatic carbocycles. The summed E-state index contributed by atoms with van der Waals surface area (Å²) >= 11 is 0. The highest BCUT2D eigenvalue weighted by atomic mass is 19.4. The number of rotatable bonds is 3. The summed E-state index contributed by atoms with van der Waals surface area (Å²) in [6, 6.07) is 13.9. The van der Waals surface area contributed by atoms with Crippen molar-refractivity contribution in [2.75, 3.05) is 5.32 Å². The van der Waals surface area contributed by atoms with Gasteiger partial charge in [-0.3, -0.25) is 4.79 Å². The zero-order valence-corrected chi connectivity index (χ0v) is 14.8. The van der Waals surface area contributed by atoms with Crippen molar-refractivity contribution in [3.05, 3.63) is 71.4 Å². The summed E-state index contributed by atoms with van der Waals surface area (Å²) in [5, 5.41) is 6.90. The molecule has 28 heavy (non-hydrogen) atoms. The number of nitrogens with zero attached hydrogens (tertiary/aromatic N) is 2. The monoisotopic (exact) mass is 387 g/mol. The Kier molecular flexibility index (Phi) is 4.33. The maximum Gasteiger partial charge on any atom is 0.416 e. The second kappa shape index (κ2) is 6.70. The molecule has 0 bridgehead atoms. The van der Waals surface area contributed by atoms with Gasteiger partial charge in [0.05, 0.1) is 11.3 Å². The highest BCUT2D eigenvalue weighted by Crippen LogP contribution is 2.31. The van der Waals surface area contributed by atoms with Crippen molar-refractivity contribution < 1.29 is 22.7 Å². The fourth-order valence-electron chi connectivity index (χ4n) is 3.15. The van der Waals surface area contributed by atoms with Gasteiger partial charge in [0.25, 0.3) is 5.91 Å². The highest BCUT2D eigenvalue weighted by Gasteiger charge is 2.31. The minimum atomic E-state index is -4.44. The van der Waals surface area contributed by atoms with Gasteiger partial charge in [0.1, 0.15) is 5.75 Å². The van der Waals surface area contributed by atoms with Crippen molar-refractivity contribution in [1.29, 1.82) is 0 Å². The summed E-state index contributed by atoms with van der Waals surface area (Å²) in [5.74, 6) is 0.567. The van der Waals surface area contributed by atoms with Crippen LogP contribution in [0.2, 0.25) is 0 Å². The smallest absolute Gasteiger partial charge is 0.416 e. The van der Waals surface area contributed by atoms with Crippen LogP contribution in [-0.2, 0) is 17.4 Å². The lowest BCUT2D eigenvalue weighted by atomic mass is 10.1. The van der Waals surface area contributed by atoms with Crippen LogP contribution in [0.25, 0.3) is 5.69 Å². The van der Waals surface area contributed by atoms with E-state index in [2.05, 4.69) is 10.4 Å². The Balaban J connectivity index is 1.52. The van der Waals surface area contributed by atoms with Crippen molar-refractivity contribution in [3.8, 4) is 11.4 Å². The number of aromatic nitrogens is 2. The van der Waals surface area contributed by atoms with E-state index in [-0.39, 0.29) is 17.4 Å². The highest BCUT2D eigenvalue weighted by molar-refractivity contribution is 5.94. The molecule has 8 heteroatoms. The van der Waals surface area contributed by atoms with Gasteiger partial charge >= 0.3 is 6.18 Å². The predicted octanol–water partition coefficient (Wildman–Crippen LogP) is 4.14. The van der Waals surface area contributed by atoms with Crippen LogP contribution in [0, 0.1) is 6.92 Å². The lowest BCUT2D eigenvalue weighted by Crippen LogP contribution is -2.31. The van der Waals surface area contributed by atoms with E-state index >= 15 is 0 Å². The van der Waals surface area contributed by atoms with E-state index < -0.39 is 17.8 Å². The molecule has 1 aromatic heterocycles. The van der Waals surface area contributed by atoms with Crippen molar-refractivity contribution in [2.45, 2.75) is 25.6 Å². The predicted molar refractivity (Wildman–Crippen MR) is 96.5 cm³/mol. The van der Waals surface area contributed by atoms with Crippen LogP contribution >= 0.6 is 0 Å². The normalized spacial score (nSPS) is 15.8. The van der Waals surface area contributed by atoms with Gasteiger partial charge in [-0.2, -0.15) is 13.2 Å². The number of amides is 1. The fraction of sp³-hybridized carbons (Fsp3) is 0.200. The van der Waals surface area contributed by atoms with E-state index in [1.54, 1.807) is 19.1 Å². The van der Waals surface area contributed by atoms with Crippen LogP contribution in [0.4, 0.5) is 19.0 Å². The number of anilines is 1. The van der Waals surface area contributed by atoms with Gasteiger partial charge in [-0.25, -0.2) is 4.68 Å². The molecule has 144 valence electrons. The quantitative estimate of drug-likeness (QED) is 0.735. The van der Waals surface area contributed by atoms with Crippen molar-refractivity contribution >= 4 is 11.7 Å². The Bertz CT molecular complexity index is 1020. The lowest BCUT2D eigenvalue weighted by molar-refractivity contribution is -0.137. The molecule has 1 N–H and O–H groups in total. The minimum Gasteiger partial charge on any atom is -0.480 e. The maximum absolute atomic E-state index is 12.9. The summed E-state index contributed by atoms with van der Waals surface area (Å²) in [4.78, 5) is 12.5. The van der Waals surface area contributed by atoms with Crippen molar-refractivity contribution in [1.82, 2.24) is 9.78 Å². The molecule has 1 atom stereocenters. The molecule has 0 radical (unpaired) electrons. The van der Waals surface area contributed by atoms with Gasteiger partial charge in [-0.05, 0) is 36.8 Å². The first-order valence-corrected chi connectivity index (χ1v) is 8.61. The second-order valence-electron chi connectivity index (χ2n) is 6.54. The van der Waals surface area contributed by atoms with E-state index in [9.17, 15) is 18.0 Å². The van der Waals surface area contributed by atoms with E-state index in [1.807, 2.05) is 18.2 Å². The molecule has 4 rings (SSSR count). The van der Waals surface area contributed by atoms with E-state index in [0.29, 0.717) is 17.9 Å². The lowest BCUT2D eigenvalue weighted by Gasteiger charge is -2.10. The first kappa shape index (κ1) is 18.1. The van der Waals surface area contributed by atoms with Crippen molar-refractivity contribution in [2.24, 2.45) is 0 Å². The molecule has 2 heterocycles. The number of para-hydroxylation sites is 1. The molecule has 1 amide bonds. The number of hydrogen-bond acceptors (Lipinski definition) is 3. The number of carbonyl (C=O) groups excluding carboxylic acids is 1. The average molecular weight is 387 g/mol. The molecule has 0 fully saturated rings. The number of aryl methyl sites for hydroxylation is 1. The van der Waals surface area contributed by atoms with Gasteiger partial charge in [0, 0.05) is 18.2 Å². The molecular formula is C20H16F3N3O2. The molecule has 1 unspecified atom stereocenters. The molecule has 1 aliphatic heterocycles. The third kappa shape index (κ3) is 3.45. The number of nitrogens with one attached hydrogen (secondary N) is 1. The van der Waals surface area contributed by atoms with E-state index in [4.69, 9.17) is 4.74 Å². The molecule has 0 saturated carbocycles. The topological polar surface area (TPSA) is 56.1 Å². The van der Waals surface area contributed by atoms with Crippen LogP contribution < -0.4 is 10.1 Å². The summed E-state index contributed by atoms with van der Waals surface area (Å²) in [7, 11) is 0. The Morgan fingerprint density at radius 2 is 1.96 bits per heavy atom. The van der Waals surface area contributed by atoms with Crippen LogP contribution in [0.5, 0.6) is 5.75 Å². The molecule has 0 saturated heterocycles. The number of fused-ring (bicyclic) bond motifs is 1. The van der Waals surface area contributed by atoms with E-state index in [0.717, 1.165) is 17.7 Å². The zero-order chi connectivity index (χ0) is 19.9. The van der Waals surface area contributed by atoms with Gasteiger partial charge in [0.2, 0.25) is 0 Å². The van der Waals surface area contributed by atoms with Gasteiger partial charge < -0.3 is 10.1 Å². The molecule has 1 aliphatic rings. The molecule has 0 aliphatic carbocycles. The van der Waals surface area contributed by atoms with Gasteiger partial charge in [-0.1, -0.05) is 24.3 Å². The summed E-state index contributed by atoms with van der Waals surface area (Å²) < 4.78 is 45.8. The zero-order valence-electron chi connectivity index (χ0n) is 14.8. The summed E-state index contributed by atoms with van der Waals surface area (Å²) in [6.07, 6.45) is -4.66. The third-order valence-corrected chi connectivity index (χ3v) is 4.50. The largest absolute Gasteiger partial charge is 0.480 e. The fourth-order valence-corrected chi connectivity index (χ4v) is 3.15. The van der Waals surface area contributed by atoms with Crippen LogP contribution in [0.15, 0.2) is 54.6 Å². The number of ether oxygens (including phenoxy) is 1. The van der Waals surface area contributed by atoms with Gasteiger partial charge in [-0.15, -0.1) is 5.10 Å². The average Bonchev–Trinajstić information content (AvgIpc) is 3.24. The van der Waals surface area contributed by atoms with E-state index in [1.165, 1.54) is 16.8 Å². The number of hydrogen-bond donors (Lipinski definition) is 1. The number of benzene rings is 2. The first-order chi connectivity index (χ1) is 13.3. The summed E-state index contributed by atoms with van der Waals surface area (Å²) in [5.41, 5.74) is 1.04. The first-order valence-electron chi connectivity index (χ1n) is 8.61. The van der Waals surface area contributed by atoms with Crippen LogP contribution in [-0.4, -0.2) is 21.8 Å². The van der Waals surface area contributed by atoms with Crippen molar-refractivity contribution in [3.63, 3.8) is 0 Å². The van der Waals surface area contributed by atoms with Gasteiger partial charge in [0.15, 0.2) is 11.9 Å². The molecular weight excluding hydrogens is 371 g/mol. The number of halogens is 3. The SMILES string of the molecule is Cc1cc(NC(=O)C2Cc3ccccc3O2)nn1-c1cccc(C(F)(F)F)c1. The molecule has 5 nitrogen and oxygen atoms in total. The second-order valence-corrected chi connectivity index (χ2v) is 6.54. The summed E-state index contributed by atoms with van der Waals surface area (Å²) in [6.45, 7) is 1.70. The standard InChI is InChI=1S/C20H16F3N3O2/c1-12-9-18(24-19(27)17-10-13-5-2-3-8-16(13)28-17)25-26(12)15-7-4-6-14(11-15)20(21,22)23/h2-9,11,17H,10H2,1H3,(H,24,25,27). The molecule has 3 aromatic rings. The van der Waals surface area contributed by atoms with Crippen LogP contribution in [0.3, 0.4) is 0 Å². The van der Waals surface area contributed by atoms with Crippen LogP contribution in [0.1, 0.15) is 16.8 Å². The molecule has 0 spiro atoms. The minimum absolute atomic E-state index is 0.250. The Morgan fingerprint density at radius 3 is 2.71 bits per heavy atom. The Hall–Kier alpha value is -3.29. The number of alkyl halides is 3. The Labute approximate surface area is 158 Å². The Morgan fingerprint density at radius 1 is 1.18 bits per heavy atom. The number of carbonyl (C=O) groups is 1. The third-order valence-electron chi connectivity index (χ3n) is 4.50.